The van der Waals surface area contributed by atoms with Crippen LogP contribution in [0.15, 0.2) is 0 Å². The summed E-state index contributed by atoms with van der Waals surface area (Å²) in [5.41, 5.74) is 0. The Balaban J connectivity index is 2.04. The van der Waals surface area contributed by atoms with Gasteiger partial charge in [0.2, 0.25) is 0 Å². The summed E-state index contributed by atoms with van der Waals surface area (Å²) >= 11 is 0. The Morgan fingerprint density at radius 2 is 1.93 bits per heavy atom. The van der Waals surface area contributed by atoms with Gasteiger partial charge in [0, 0.05) is 0 Å². The van der Waals surface area contributed by atoms with E-state index in [-0.39, 0.29) is 37.5 Å². The molecule has 1 N–H and O–H groups in total. The van der Waals surface area contributed by atoms with Crippen molar-refractivity contribution in [2.75, 3.05) is 13.2 Å². The molecule has 0 spiro atoms. The second-order valence-electron chi connectivity index (χ2n) is 3.60. The summed E-state index contributed by atoms with van der Waals surface area (Å²) in [5.74, 6) is 0. The Bertz CT molecular complexity index is 190. The average molecular weight is 204 g/mol. The highest BCUT2D eigenvalue weighted by molar-refractivity contribution is 4.85. The van der Waals surface area contributed by atoms with Gasteiger partial charge in [-0.05, 0) is 13.8 Å². The fourth-order valence-corrected chi connectivity index (χ4v) is 1.87. The summed E-state index contributed by atoms with van der Waals surface area (Å²) in [6, 6.07) is 0. The quantitative estimate of drug-likeness (QED) is 0.644. The number of ether oxygens (including phenoxy) is 4. The third-order valence-electron chi connectivity index (χ3n) is 2.49. The third-order valence-corrected chi connectivity index (χ3v) is 2.49. The summed E-state index contributed by atoms with van der Waals surface area (Å²) < 4.78 is 21.7. The first-order valence-corrected chi connectivity index (χ1v) is 4.89. The van der Waals surface area contributed by atoms with Gasteiger partial charge >= 0.3 is 0 Å². The predicted molar refractivity (Wildman–Crippen MR) is 46.6 cm³/mol. The van der Waals surface area contributed by atoms with E-state index in [4.69, 9.17) is 24.1 Å². The van der Waals surface area contributed by atoms with Crippen LogP contribution in [-0.2, 0) is 18.9 Å². The molecule has 82 valence electrons. The molecule has 2 rings (SSSR count). The molecule has 2 saturated heterocycles. The molecule has 0 bridgehead atoms. The van der Waals surface area contributed by atoms with Gasteiger partial charge in [-0.15, -0.1) is 0 Å². The Morgan fingerprint density at radius 3 is 2.64 bits per heavy atom. The topological polar surface area (TPSA) is 57.2 Å². The molecular formula is C9H16O5. The van der Waals surface area contributed by atoms with Crippen LogP contribution in [0.5, 0.6) is 0 Å². The van der Waals surface area contributed by atoms with E-state index < -0.39 is 0 Å². The van der Waals surface area contributed by atoms with E-state index in [0.29, 0.717) is 6.61 Å². The monoisotopic (exact) mass is 204 g/mol. The highest BCUT2D eigenvalue weighted by Gasteiger charge is 2.42. The molecule has 2 aliphatic heterocycles. The van der Waals surface area contributed by atoms with Gasteiger partial charge in [-0.3, -0.25) is 0 Å². The van der Waals surface area contributed by atoms with E-state index in [9.17, 15) is 0 Å². The lowest BCUT2D eigenvalue weighted by Gasteiger charge is -2.44. The largest absolute Gasteiger partial charge is 0.394 e. The number of hydrogen-bond acceptors (Lipinski definition) is 5. The van der Waals surface area contributed by atoms with E-state index >= 15 is 0 Å². The first-order valence-electron chi connectivity index (χ1n) is 4.89. The van der Waals surface area contributed by atoms with E-state index in [1.165, 1.54) is 0 Å². The van der Waals surface area contributed by atoms with Crippen LogP contribution in [0.25, 0.3) is 0 Å². The highest BCUT2D eigenvalue weighted by Crippen LogP contribution is 2.26. The molecule has 0 amide bonds. The zero-order valence-corrected chi connectivity index (χ0v) is 8.38. The Morgan fingerprint density at radius 1 is 1.14 bits per heavy atom. The van der Waals surface area contributed by atoms with Crippen LogP contribution in [0.1, 0.15) is 13.8 Å². The van der Waals surface area contributed by atoms with E-state index in [2.05, 4.69) is 0 Å². The molecule has 0 aromatic rings. The van der Waals surface area contributed by atoms with Crippen molar-refractivity contribution in [2.24, 2.45) is 0 Å². The summed E-state index contributed by atoms with van der Waals surface area (Å²) in [6.45, 7) is 4.07. The molecule has 0 aliphatic carbocycles. The minimum absolute atomic E-state index is 0.0540. The maximum absolute atomic E-state index is 9.13. The Hall–Kier alpha value is -0.200. The van der Waals surface area contributed by atoms with Crippen molar-refractivity contribution in [1.82, 2.24) is 0 Å². The van der Waals surface area contributed by atoms with Gasteiger partial charge < -0.3 is 24.1 Å². The van der Waals surface area contributed by atoms with Gasteiger partial charge in [0.05, 0.1) is 13.2 Å². The molecule has 14 heavy (non-hydrogen) atoms. The van der Waals surface area contributed by atoms with Crippen molar-refractivity contribution in [3.05, 3.63) is 0 Å². The van der Waals surface area contributed by atoms with Crippen molar-refractivity contribution in [3.8, 4) is 0 Å². The minimum atomic E-state index is -0.311. The van der Waals surface area contributed by atoms with Crippen molar-refractivity contribution >= 4 is 0 Å². The van der Waals surface area contributed by atoms with Crippen molar-refractivity contribution < 1.29 is 24.1 Å². The second-order valence-corrected chi connectivity index (χ2v) is 3.60. The van der Waals surface area contributed by atoms with Gasteiger partial charge in [-0.25, -0.2) is 0 Å². The van der Waals surface area contributed by atoms with Crippen LogP contribution < -0.4 is 0 Å². The van der Waals surface area contributed by atoms with Gasteiger partial charge in [0.15, 0.2) is 12.6 Å². The summed E-state index contributed by atoms with van der Waals surface area (Å²) in [5, 5.41) is 9.13. The molecule has 5 heteroatoms. The lowest BCUT2D eigenvalue weighted by Crippen LogP contribution is -2.57. The number of aliphatic hydroxyl groups is 1. The molecule has 5 atom stereocenters. The zero-order chi connectivity index (χ0) is 10.1. The maximum atomic E-state index is 9.13. The van der Waals surface area contributed by atoms with E-state index in [1.54, 1.807) is 6.92 Å². The summed E-state index contributed by atoms with van der Waals surface area (Å²) in [6.07, 6.45) is -1.23. The summed E-state index contributed by atoms with van der Waals surface area (Å²) in [7, 11) is 0. The van der Waals surface area contributed by atoms with Crippen molar-refractivity contribution in [2.45, 2.75) is 44.7 Å². The Labute approximate surface area is 82.9 Å². The molecule has 0 unspecified atom stereocenters. The normalized spacial score (nSPS) is 48.6. The number of rotatable bonds is 1. The first kappa shape index (κ1) is 10.3. The molecule has 0 aromatic heterocycles. The molecule has 2 fully saturated rings. The SMILES string of the molecule is C[C@H]1O[C@@H](CO)[C@@H]2O[C@H](C)OC[C@@H]2O1. The van der Waals surface area contributed by atoms with Crippen LogP contribution in [0.2, 0.25) is 0 Å². The standard InChI is InChI=1S/C9H16O5/c1-5-11-4-8-9(14-5)7(3-10)12-6(2)13-8/h5-10H,3-4H2,1-2H3/t5-,6+,7+,8+,9+/m1/s1. The van der Waals surface area contributed by atoms with Crippen LogP contribution in [-0.4, -0.2) is 49.2 Å². The summed E-state index contributed by atoms with van der Waals surface area (Å²) in [4.78, 5) is 0. The average Bonchev–Trinajstić information content (AvgIpc) is 2.17. The van der Waals surface area contributed by atoms with Crippen LogP contribution >= 0.6 is 0 Å². The minimum Gasteiger partial charge on any atom is -0.394 e. The van der Waals surface area contributed by atoms with Gasteiger partial charge in [0.1, 0.15) is 18.3 Å². The lowest BCUT2D eigenvalue weighted by molar-refractivity contribution is -0.353. The van der Waals surface area contributed by atoms with Crippen LogP contribution in [0.3, 0.4) is 0 Å². The van der Waals surface area contributed by atoms with Crippen molar-refractivity contribution in [1.29, 1.82) is 0 Å². The molecule has 2 aliphatic rings. The highest BCUT2D eigenvalue weighted by atomic mass is 16.8. The number of hydrogen-bond donors (Lipinski definition) is 1. The number of aliphatic hydroxyl groups excluding tert-OH is 1. The van der Waals surface area contributed by atoms with E-state index in [1.807, 2.05) is 6.92 Å². The van der Waals surface area contributed by atoms with Crippen LogP contribution in [0.4, 0.5) is 0 Å². The smallest absolute Gasteiger partial charge is 0.156 e. The number of fused-ring (bicyclic) bond motifs is 1. The van der Waals surface area contributed by atoms with Crippen LogP contribution in [0, 0.1) is 0 Å². The molecule has 0 radical (unpaired) electrons. The molecule has 0 aromatic carbocycles. The molecule has 5 nitrogen and oxygen atoms in total. The lowest BCUT2D eigenvalue weighted by atomic mass is 10.1. The van der Waals surface area contributed by atoms with Gasteiger partial charge in [-0.1, -0.05) is 0 Å². The van der Waals surface area contributed by atoms with E-state index in [0.717, 1.165) is 0 Å². The second kappa shape index (κ2) is 4.12. The fourth-order valence-electron chi connectivity index (χ4n) is 1.87. The zero-order valence-electron chi connectivity index (χ0n) is 8.38. The molecule has 2 heterocycles. The maximum Gasteiger partial charge on any atom is 0.156 e. The Kier molecular flexibility index (Phi) is 3.04. The molecular weight excluding hydrogens is 188 g/mol. The predicted octanol–water partition coefficient (Wildman–Crippen LogP) is -0.130. The first-order chi connectivity index (χ1) is 6.70. The van der Waals surface area contributed by atoms with Gasteiger partial charge in [0.25, 0.3) is 0 Å². The fraction of sp³-hybridized carbons (Fsp3) is 1.00. The van der Waals surface area contributed by atoms with Gasteiger partial charge in [-0.2, -0.15) is 0 Å². The molecule has 0 saturated carbocycles. The van der Waals surface area contributed by atoms with Crippen molar-refractivity contribution in [3.63, 3.8) is 0 Å². The third kappa shape index (κ3) is 1.92.